The van der Waals surface area contributed by atoms with E-state index in [0.717, 1.165) is 16.8 Å². The predicted molar refractivity (Wildman–Crippen MR) is 66.9 cm³/mol. The van der Waals surface area contributed by atoms with Gasteiger partial charge in [0.05, 0.1) is 4.47 Å². The van der Waals surface area contributed by atoms with Crippen LogP contribution in [0.4, 0.5) is 11.8 Å². The molecule has 0 fully saturated rings. The Kier molecular flexibility index (Phi) is 3.54. The molecule has 4 nitrogen and oxygen atoms in total. The van der Waals surface area contributed by atoms with Crippen molar-refractivity contribution in [1.29, 1.82) is 0 Å². The Morgan fingerprint density at radius 2 is 2.07 bits per heavy atom. The lowest BCUT2D eigenvalue weighted by molar-refractivity contribution is 0.417. The Hall–Kier alpha value is -0.840. The van der Waals surface area contributed by atoms with Gasteiger partial charge in [-0.15, -0.1) is 0 Å². The average molecular weight is 273 g/mol. The zero-order chi connectivity index (χ0) is 11.6. The number of hydrogen-bond donors (Lipinski definition) is 1. The van der Waals surface area contributed by atoms with Gasteiger partial charge in [0.15, 0.2) is 0 Å². The van der Waals surface area contributed by atoms with E-state index in [4.69, 9.17) is 5.73 Å². The van der Waals surface area contributed by atoms with Crippen LogP contribution in [0, 0.1) is 5.41 Å². The molecule has 1 heterocycles. The lowest BCUT2D eigenvalue weighted by Gasteiger charge is -2.27. The molecule has 2 N–H and O–H groups in total. The van der Waals surface area contributed by atoms with Crippen molar-refractivity contribution in [2.75, 3.05) is 24.2 Å². The maximum atomic E-state index is 5.56. The highest BCUT2D eigenvalue weighted by molar-refractivity contribution is 9.10. The van der Waals surface area contributed by atoms with Gasteiger partial charge in [0.2, 0.25) is 5.95 Å². The summed E-state index contributed by atoms with van der Waals surface area (Å²) < 4.78 is 0.864. The van der Waals surface area contributed by atoms with Crippen molar-refractivity contribution in [2.24, 2.45) is 5.41 Å². The molecule has 5 heteroatoms. The molecule has 0 aliphatic heterocycles. The molecule has 0 radical (unpaired) electrons. The molecule has 0 atom stereocenters. The molecule has 0 bridgehead atoms. The molecule has 0 saturated carbocycles. The summed E-state index contributed by atoms with van der Waals surface area (Å²) in [7, 11) is 2.00. The number of nitrogens with two attached hydrogens (primary N) is 1. The van der Waals surface area contributed by atoms with E-state index in [1.165, 1.54) is 0 Å². The Bertz CT molecular complexity index is 346. The van der Waals surface area contributed by atoms with Gasteiger partial charge in [0.25, 0.3) is 0 Å². The van der Waals surface area contributed by atoms with E-state index >= 15 is 0 Å². The number of nitrogens with zero attached hydrogens (tertiary/aromatic N) is 3. The Morgan fingerprint density at radius 3 is 2.60 bits per heavy atom. The van der Waals surface area contributed by atoms with Crippen molar-refractivity contribution in [2.45, 2.75) is 20.8 Å². The van der Waals surface area contributed by atoms with Crippen LogP contribution in [-0.2, 0) is 0 Å². The van der Waals surface area contributed by atoms with Crippen molar-refractivity contribution < 1.29 is 0 Å². The van der Waals surface area contributed by atoms with Crippen molar-refractivity contribution in [1.82, 2.24) is 9.97 Å². The minimum Gasteiger partial charge on any atom is -0.368 e. The lowest BCUT2D eigenvalue weighted by atomic mass is 9.96. The van der Waals surface area contributed by atoms with Crippen LogP contribution >= 0.6 is 15.9 Å². The molecule has 1 aromatic rings. The van der Waals surface area contributed by atoms with Gasteiger partial charge >= 0.3 is 0 Å². The van der Waals surface area contributed by atoms with Gasteiger partial charge in [-0.25, -0.2) is 4.98 Å². The molecule has 0 aliphatic carbocycles. The molecular formula is C10H17BrN4. The second kappa shape index (κ2) is 4.35. The predicted octanol–water partition coefficient (Wildman–Crippen LogP) is 2.30. The summed E-state index contributed by atoms with van der Waals surface area (Å²) in [5.74, 6) is 1.13. The SMILES string of the molecule is CN(CC(C)(C)C)c1nc(N)ncc1Br. The third-order valence-corrected chi connectivity index (χ3v) is 2.38. The fourth-order valence-electron chi connectivity index (χ4n) is 1.43. The summed E-state index contributed by atoms with van der Waals surface area (Å²) in [5.41, 5.74) is 5.78. The van der Waals surface area contributed by atoms with Gasteiger partial charge in [-0.05, 0) is 21.3 Å². The average Bonchev–Trinajstić information content (AvgIpc) is 2.06. The van der Waals surface area contributed by atoms with Crippen molar-refractivity contribution >= 4 is 27.7 Å². The highest BCUT2D eigenvalue weighted by Crippen LogP contribution is 2.25. The largest absolute Gasteiger partial charge is 0.368 e. The van der Waals surface area contributed by atoms with E-state index in [1.54, 1.807) is 6.20 Å². The van der Waals surface area contributed by atoms with E-state index in [2.05, 4.69) is 51.6 Å². The van der Waals surface area contributed by atoms with Gasteiger partial charge in [-0.1, -0.05) is 20.8 Å². The number of aromatic nitrogens is 2. The van der Waals surface area contributed by atoms with E-state index in [1.807, 2.05) is 7.05 Å². The molecule has 15 heavy (non-hydrogen) atoms. The topological polar surface area (TPSA) is 55.0 Å². The molecule has 0 aliphatic rings. The fraction of sp³-hybridized carbons (Fsp3) is 0.600. The van der Waals surface area contributed by atoms with Gasteiger partial charge in [0, 0.05) is 19.8 Å². The highest BCUT2D eigenvalue weighted by Gasteiger charge is 2.16. The van der Waals surface area contributed by atoms with Crippen molar-refractivity contribution in [3.05, 3.63) is 10.7 Å². The van der Waals surface area contributed by atoms with E-state index in [-0.39, 0.29) is 5.41 Å². The minimum atomic E-state index is 0.216. The summed E-state index contributed by atoms with van der Waals surface area (Å²) in [6.45, 7) is 7.45. The summed E-state index contributed by atoms with van der Waals surface area (Å²) in [6, 6.07) is 0. The third kappa shape index (κ3) is 3.66. The Balaban J connectivity index is 2.90. The van der Waals surface area contributed by atoms with Crippen molar-refractivity contribution in [3.63, 3.8) is 0 Å². The molecule has 0 amide bonds. The zero-order valence-corrected chi connectivity index (χ0v) is 11.2. The van der Waals surface area contributed by atoms with Crippen LogP contribution in [0.15, 0.2) is 10.7 Å². The van der Waals surface area contributed by atoms with E-state index in [0.29, 0.717) is 5.95 Å². The minimum absolute atomic E-state index is 0.216. The molecule has 1 aromatic heterocycles. The zero-order valence-electron chi connectivity index (χ0n) is 9.58. The standard InChI is InChI=1S/C10H17BrN4/c1-10(2,3)6-15(4)8-7(11)5-13-9(12)14-8/h5H,6H2,1-4H3,(H2,12,13,14). The van der Waals surface area contributed by atoms with E-state index in [9.17, 15) is 0 Å². The molecule has 0 saturated heterocycles. The molecule has 0 aromatic carbocycles. The number of hydrogen-bond acceptors (Lipinski definition) is 4. The molecule has 84 valence electrons. The van der Waals surface area contributed by atoms with Crippen LogP contribution in [0.1, 0.15) is 20.8 Å². The Labute approximate surface area is 99.0 Å². The monoisotopic (exact) mass is 272 g/mol. The number of rotatable bonds is 2. The first-order valence-electron chi connectivity index (χ1n) is 4.79. The molecule has 1 rings (SSSR count). The third-order valence-electron chi connectivity index (χ3n) is 1.82. The number of halogens is 1. The molecule has 0 spiro atoms. The van der Waals surface area contributed by atoms with Crippen LogP contribution < -0.4 is 10.6 Å². The molecule has 0 unspecified atom stereocenters. The smallest absolute Gasteiger partial charge is 0.222 e. The van der Waals surface area contributed by atoms with E-state index < -0.39 is 0 Å². The molecular weight excluding hydrogens is 256 g/mol. The van der Waals surface area contributed by atoms with Crippen LogP contribution in [-0.4, -0.2) is 23.6 Å². The Morgan fingerprint density at radius 1 is 1.47 bits per heavy atom. The second-order valence-electron chi connectivity index (χ2n) is 4.82. The number of nitrogen functional groups attached to an aromatic ring is 1. The quantitative estimate of drug-likeness (QED) is 0.898. The van der Waals surface area contributed by atoms with Crippen LogP contribution in [0.25, 0.3) is 0 Å². The first-order chi connectivity index (χ1) is 6.79. The van der Waals surface area contributed by atoms with Gasteiger partial charge in [-0.2, -0.15) is 4.98 Å². The van der Waals surface area contributed by atoms with Gasteiger partial charge in [0.1, 0.15) is 5.82 Å². The normalized spacial score (nSPS) is 11.5. The van der Waals surface area contributed by atoms with Crippen LogP contribution in [0.5, 0.6) is 0 Å². The summed E-state index contributed by atoms with van der Waals surface area (Å²) in [5, 5.41) is 0. The fourth-order valence-corrected chi connectivity index (χ4v) is 1.92. The maximum Gasteiger partial charge on any atom is 0.222 e. The highest BCUT2D eigenvalue weighted by atomic mass is 79.9. The van der Waals surface area contributed by atoms with Gasteiger partial charge < -0.3 is 10.6 Å². The second-order valence-corrected chi connectivity index (χ2v) is 5.67. The maximum absolute atomic E-state index is 5.56. The summed E-state index contributed by atoms with van der Waals surface area (Å²) in [4.78, 5) is 10.2. The van der Waals surface area contributed by atoms with Crippen LogP contribution in [0.3, 0.4) is 0 Å². The first-order valence-corrected chi connectivity index (χ1v) is 5.58. The summed E-state index contributed by atoms with van der Waals surface area (Å²) >= 11 is 3.42. The lowest BCUT2D eigenvalue weighted by Crippen LogP contribution is -2.30. The van der Waals surface area contributed by atoms with Gasteiger partial charge in [-0.3, -0.25) is 0 Å². The number of anilines is 2. The van der Waals surface area contributed by atoms with Crippen molar-refractivity contribution in [3.8, 4) is 0 Å². The van der Waals surface area contributed by atoms with Crippen LogP contribution in [0.2, 0.25) is 0 Å². The summed E-state index contributed by atoms with van der Waals surface area (Å²) in [6.07, 6.45) is 1.68. The first kappa shape index (κ1) is 12.2.